The number of rotatable bonds is 4. The Morgan fingerprint density at radius 2 is 2.11 bits per heavy atom. The predicted molar refractivity (Wildman–Crippen MR) is 72.8 cm³/mol. The van der Waals surface area contributed by atoms with E-state index in [-0.39, 0.29) is 18.6 Å². The van der Waals surface area contributed by atoms with Crippen LogP contribution in [-0.4, -0.2) is 60.9 Å². The molecular formula is C14H26N2O3. The Bertz CT molecular complexity index is 290. The van der Waals surface area contributed by atoms with Gasteiger partial charge in [-0.1, -0.05) is 6.92 Å². The first kappa shape index (κ1) is 14.8. The van der Waals surface area contributed by atoms with Crippen molar-refractivity contribution >= 4 is 5.91 Å². The summed E-state index contributed by atoms with van der Waals surface area (Å²) in [5, 5.41) is 12.2. The fourth-order valence-electron chi connectivity index (χ4n) is 2.92. The number of ether oxygens (including phenoxy) is 1. The van der Waals surface area contributed by atoms with Gasteiger partial charge in [0.05, 0.1) is 25.9 Å². The number of hydrogen-bond acceptors (Lipinski definition) is 4. The van der Waals surface area contributed by atoms with Crippen LogP contribution in [-0.2, 0) is 9.53 Å². The topological polar surface area (TPSA) is 61.8 Å². The van der Waals surface area contributed by atoms with Crippen molar-refractivity contribution in [3.05, 3.63) is 0 Å². The summed E-state index contributed by atoms with van der Waals surface area (Å²) in [7, 11) is 0. The Hall–Kier alpha value is -0.650. The number of amides is 1. The van der Waals surface area contributed by atoms with Crippen molar-refractivity contribution < 1.29 is 14.6 Å². The summed E-state index contributed by atoms with van der Waals surface area (Å²) in [6.07, 6.45) is 4.51. The first-order valence-electron chi connectivity index (χ1n) is 7.41. The second-order valence-corrected chi connectivity index (χ2v) is 5.93. The summed E-state index contributed by atoms with van der Waals surface area (Å²) < 4.78 is 5.38. The molecule has 1 amide bonds. The Morgan fingerprint density at radius 3 is 2.79 bits per heavy atom. The quantitative estimate of drug-likeness (QED) is 0.775. The second-order valence-electron chi connectivity index (χ2n) is 5.93. The number of nitrogens with one attached hydrogen (secondary N) is 1. The molecule has 5 nitrogen and oxygen atoms in total. The first-order valence-corrected chi connectivity index (χ1v) is 7.41. The Labute approximate surface area is 115 Å². The van der Waals surface area contributed by atoms with E-state index in [2.05, 4.69) is 17.1 Å². The maximum atomic E-state index is 12.0. The number of morpholine rings is 1. The van der Waals surface area contributed by atoms with Crippen molar-refractivity contribution in [2.24, 2.45) is 5.92 Å². The fraction of sp³-hybridized carbons (Fsp3) is 0.929. The van der Waals surface area contributed by atoms with E-state index < -0.39 is 0 Å². The maximum absolute atomic E-state index is 12.0. The number of carbonyl (C=O) groups is 1. The van der Waals surface area contributed by atoms with Gasteiger partial charge in [0.1, 0.15) is 0 Å². The van der Waals surface area contributed by atoms with Crippen molar-refractivity contribution in [1.82, 2.24) is 10.2 Å². The number of carbonyl (C=O) groups excluding carboxylic acids is 1. The largest absolute Gasteiger partial charge is 0.394 e. The molecule has 1 aliphatic heterocycles. The van der Waals surface area contributed by atoms with Crippen molar-refractivity contribution in [2.45, 2.75) is 44.8 Å². The second kappa shape index (κ2) is 7.22. The van der Waals surface area contributed by atoms with Gasteiger partial charge in [-0.25, -0.2) is 0 Å². The van der Waals surface area contributed by atoms with Crippen LogP contribution in [0.2, 0.25) is 0 Å². The van der Waals surface area contributed by atoms with Crippen molar-refractivity contribution in [3.8, 4) is 0 Å². The lowest BCUT2D eigenvalue weighted by molar-refractivity contribution is -0.125. The summed E-state index contributed by atoms with van der Waals surface area (Å²) in [6.45, 7) is 4.74. The zero-order valence-corrected chi connectivity index (χ0v) is 11.8. The van der Waals surface area contributed by atoms with Crippen LogP contribution < -0.4 is 5.32 Å². The Morgan fingerprint density at radius 1 is 1.37 bits per heavy atom. The molecule has 0 spiro atoms. The summed E-state index contributed by atoms with van der Waals surface area (Å²) in [4.78, 5) is 14.1. The third-order valence-corrected chi connectivity index (χ3v) is 4.17. The number of nitrogens with zero attached hydrogens (tertiary/aromatic N) is 1. The molecule has 2 rings (SSSR count). The van der Waals surface area contributed by atoms with Gasteiger partial charge >= 0.3 is 0 Å². The molecule has 2 fully saturated rings. The molecule has 2 N–H and O–H groups in total. The molecular weight excluding hydrogens is 244 g/mol. The molecule has 5 heteroatoms. The monoisotopic (exact) mass is 270 g/mol. The molecule has 110 valence electrons. The standard InChI is InChI=1S/C14H26N2O3/c1-11-2-4-12(5-3-11)15-14(18)9-16-6-7-19-13(8-16)10-17/h11-13,17H,2-10H2,1H3,(H,15,18). The molecule has 19 heavy (non-hydrogen) atoms. The first-order chi connectivity index (χ1) is 9.17. The highest BCUT2D eigenvalue weighted by Crippen LogP contribution is 2.23. The van der Waals surface area contributed by atoms with Gasteiger partial charge in [-0.3, -0.25) is 9.69 Å². The average molecular weight is 270 g/mol. The molecule has 0 aromatic carbocycles. The van der Waals surface area contributed by atoms with Crippen LogP contribution in [0.3, 0.4) is 0 Å². The smallest absolute Gasteiger partial charge is 0.234 e. The molecule has 0 radical (unpaired) electrons. The van der Waals surface area contributed by atoms with Gasteiger partial charge in [-0.2, -0.15) is 0 Å². The van der Waals surface area contributed by atoms with Gasteiger partial charge in [0.2, 0.25) is 5.91 Å². The molecule has 0 bridgehead atoms. The summed E-state index contributed by atoms with van der Waals surface area (Å²) in [5.74, 6) is 0.913. The van der Waals surface area contributed by atoms with Crippen LogP contribution in [0.25, 0.3) is 0 Å². The van der Waals surface area contributed by atoms with Gasteiger partial charge in [-0.05, 0) is 31.6 Å². The molecule has 2 aliphatic rings. The molecule has 0 aromatic rings. The van der Waals surface area contributed by atoms with Gasteiger partial charge in [0.15, 0.2) is 0 Å². The van der Waals surface area contributed by atoms with Gasteiger partial charge in [-0.15, -0.1) is 0 Å². The van der Waals surface area contributed by atoms with Crippen molar-refractivity contribution in [2.75, 3.05) is 32.8 Å². The molecule has 1 aliphatic carbocycles. The maximum Gasteiger partial charge on any atom is 0.234 e. The summed E-state index contributed by atoms with van der Waals surface area (Å²) in [6, 6.07) is 0.360. The third kappa shape index (κ3) is 4.75. The lowest BCUT2D eigenvalue weighted by Crippen LogP contribution is -2.49. The van der Waals surface area contributed by atoms with E-state index >= 15 is 0 Å². The molecule has 1 heterocycles. The van der Waals surface area contributed by atoms with Gasteiger partial charge < -0.3 is 15.2 Å². The molecule has 0 aromatic heterocycles. The van der Waals surface area contributed by atoms with Gasteiger partial charge in [0.25, 0.3) is 0 Å². The van der Waals surface area contributed by atoms with Crippen LogP contribution in [0.4, 0.5) is 0 Å². The zero-order valence-electron chi connectivity index (χ0n) is 11.8. The minimum absolute atomic E-state index is 0.0264. The zero-order chi connectivity index (χ0) is 13.7. The highest BCUT2D eigenvalue weighted by atomic mass is 16.5. The van der Waals surface area contributed by atoms with Crippen molar-refractivity contribution in [1.29, 1.82) is 0 Å². The van der Waals surface area contributed by atoms with Crippen LogP contribution in [0.5, 0.6) is 0 Å². The normalized spacial score (nSPS) is 33.1. The van der Waals surface area contributed by atoms with E-state index in [1.807, 2.05) is 0 Å². The predicted octanol–water partition coefficient (Wildman–Crippen LogP) is 0.374. The van der Waals surface area contributed by atoms with E-state index in [1.165, 1.54) is 12.8 Å². The van der Waals surface area contributed by atoms with Crippen LogP contribution in [0.15, 0.2) is 0 Å². The fourth-order valence-corrected chi connectivity index (χ4v) is 2.92. The van der Waals surface area contributed by atoms with E-state index in [0.717, 1.165) is 25.3 Å². The molecule has 1 atom stereocenters. The van der Waals surface area contributed by atoms with E-state index in [4.69, 9.17) is 9.84 Å². The van der Waals surface area contributed by atoms with Gasteiger partial charge in [0, 0.05) is 19.1 Å². The third-order valence-electron chi connectivity index (χ3n) is 4.17. The summed E-state index contributed by atoms with van der Waals surface area (Å²) >= 11 is 0. The molecule has 1 unspecified atom stereocenters. The van der Waals surface area contributed by atoms with Crippen LogP contribution in [0, 0.1) is 5.92 Å². The SMILES string of the molecule is CC1CCC(NC(=O)CN2CCOC(CO)C2)CC1. The molecule has 1 saturated heterocycles. The van der Waals surface area contributed by atoms with E-state index in [1.54, 1.807) is 0 Å². The van der Waals surface area contributed by atoms with Crippen molar-refractivity contribution in [3.63, 3.8) is 0 Å². The Kier molecular flexibility index (Phi) is 5.60. The summed E-state index contributed by atoms with van der Waals surface area (Å²) in [5.41, 5.74) is 0. The van der Waals surface area contributed by atoms with E-state index in [0.29, 0.717) is 25.7 Å². The van der Waals surface area contributed by atoms with Crippen LogP contribution >= 0.6 is 0 Å². The minimum atomic E-state index is -0.142. The van der Waals surface area contributed by atoms with E-state index in [9.17, 15) is 4.79 Å². The lowest BCUT2D eigenvalue weighted by atomic mass is 9.87. The number of hydrogen-bond donors (Lipinski definition) is 2. The highest BCUT2D eigenvalue weighted by Gasteiger charge is 2.23. The number of aliphatic hydroxyl groups excluding tert-OH is 1. The Balaban J connectivity index is 1.69. The number of aliphatic hydroxyl groups is 1. The average Bonchev–Trinajstić information content (AvgIpc) is 2.41. The minimum Gasteiger partial charge on any atom is -0.394 e. The van der Waals surface area contributed by atoms with Crippen LogP contribution in [0.1, 0.15) is 32.6 Å². The lowest BCUT2D eigenvalue weighted by Gasteiger charge is -2.32. The molecule has 1 saturated carbocycles. The highest BCUT2D eigenvalue weighted by molar-refractivity contribution is 5.78.